The molecule has 2 N–H and O–H groups in total. The van der Waals surface area contributed by atoms with E-state index in [1.165, 1.54) is 12.1 Å². The standard InChI is InChI=1S/C20H21N2O5S.2C2H6.C2H5.Y/c23-19(21-17(20(24)25)14-15-8-3-1-4-9-15)18-12-7-13-22(18)28(26,27)16-10-5-2-6-11-16;3*1-2;/h2-6,8-11,17-18H,7,12-14H2,(H,21,23)(H,24,25);2*1-2H3;1H2,2H3;/q-1;;;-1;. The van der Waals surface area contributed by atoms with Gasteiger partial charge in [0.2, 0.25) is 15.9 Å². The van der Waals surface area contributed by atoms with Crippen LogP contribution in [-0.4, -0.2) is 48.3 Å². The molecular formula is C26H38N2O5SY-2. The van der Waals surface area contributed by atoms with Crippen LogP contribution in [0.5, 0.6) is 0 Å². The van der Waals surface area contributed by atoms with E-state index in [4.69, 9.17) is 0 Å². The molecule has 7 nitrogen and oxygen atoms in total. The number of nitrogens with one attached hydrogen (secondary N) is 1. The summed E-state index contributed by atoms with van der Waals surface area (Å²) in [4.78, 5) is 24.5. The number of carbonyl (C=O) groups excluding carboxylic acids is 1. The monoisotopic (exact) mass is 579 g/mol. The summed E-state index contributed by atoms with van der Waals surface area (Å²) in [5.74, 6) is -1.76. The van der Waals surface area contributed by atoms with Crippen molar-refractivity contribution in [2.75, 3.05) is 6.54 Å². The molecule has 9 heteroatoms. The molecule has 1 aliphatic rings. The van der Waals surface area contributed by atoms with Crippen LogP contribution in [0.2, 0.25) is 0 Å². The summed E-state index contributed by atoms with van der Waals surface area (Å²) >= 11 is 0. The molecule has 1 radical (unpaired) electrons. The number of carboxylic acids is 1. The van der Waals surface area contributed by atoms with Crippen molar-refractivity contribution in [1.82, 2.24) is 9.62 Å². The largest absolute Gasteiger partial charge is 0.480 e. The van der Waals surface area contributed by atoms with E-state index >= 15 is 0 Å². The van der Waals surface area contributed by atoms with Gasteiger partial charge < -0.3 is 17.3 Å². The average molecular weight is 580 g/mol. The zero-order valence-corrected chi connectivity index (χ0v) is 25.1. The van der Waals surface area contributed by atoms with Crippen LogP contribution in [0, 0.1) is 13.0 Å². The number of benzene rings is 2. The molecule has 0 aliphatic carbocycles. The molecular weight excluding hydrogens is 541 g/mol. The van der Waals surface area contributed by atoms with E-state index in [1.54, 1.807) is 49.4 Å². The van der Waals surface area contributed by atoms with E-state index in [1.807, 2.05) is 27.7 Å². The van der Waals surface area contributed by atoms with Crippen LogP contribution in [-0.2, 0) is 58.7 Å². The maximum atomic E-state index is 12.9. The van der Waals surface area contributed by atoms with Crippen molar-refractivity contribution in [2.45, 2.75) is 70.9 Å². The van der Waals surface area contributed by atoms with Gasteiger partial charge in [0.15, 0.2) is 0 Å². The summed E-state index contributed by atoms with van der Waals surface area (Å²) in [5.41, 5.74) is 0.742. The van der Waals surface area contributed by atoms with Gasteiger partial charge in [-0.3, -0.25) is 4.79 Å². The quantitative estimate of drug-likeness (QED) is 0.475. The van der Waals surface area contributed by atoms with E-state index in [0.717, 1.165) is 9.87 Å². The van der Waals surface area contributed by atoms with E-state index in [9.17, 15) is 23.1 Å². The molecule has 1 heterocycles. The minimum Gasteiger partial charge on any atom is -0.480 e. The number of hydrogen-bond acceptors (Lipinski definition) is 4. The predicted molar refractivity (Wildman–Crippen MR) is 136 cm³/mol. The molecule has 35 heavy (non-hydrogen) atoms. The van der Waals surface area contributed by atoms with Crippen molar-refractivity contribution in [2.24, 2.45) is 0 Å². The Bertz CT molecular complexity index is 941. The molecule has 1 amide bonds. The fourth-order valence-electron chi connectivity index (χ4n) is 3.28. The van der Waals surface area contributed by atoms with E-state index in [-0.39, 0.29) is 50.6 Å². The zero-order valence-electron chi connectivity index (χ0n) is 21.4. The van der Waals surface area contributed by atoms with Crippen LogP contribution in [0.4, 0.5) is 0 Å². The van der Waals surface area contributed by atoms with Crippen molar-refractivity contribution >= 4 is 21.9 Å². The number of carboxylic acid groups (broad SMARTS) is 1. The third-order valence-corrected chi connectivity index (χ3v) is 6.62. The third kappa shape index (κ3) is 10.9. The molecule has 193 valence electrons. The number of hydrogen-bond donors (Lipinski definition) is 2. The molecule has 2 aromatic rings. The van der Waals surface area contributed by atoms with Crippen molar-refractivity contribution in [3.05, 3.63) is 73.2 Å². The Kier molecular flexibility index (Phi) is 19.9. The Balaban J connectivity index is 0. The summed E-state index contributed by atoms with van der Waals surface area (Å²) in [6, 6.07) is 15.5. The molecule has 3 rings (SSSR count). The Morgan fingerprint density at radius 2 is 1.63 bits per heavy atom. The second-order valence-electron chi connectivity index (χ2n) is 6.60. The summed E-state index contributed by atoms with van der Waals surface area (Å²) in [6.07, 6.45) is 0.995. The molecule has 1 fully saturated rings. The molecule has 0 saturated carbocycles. The Morgan fingerprint density at radius 1 is 1.09 bits per heavy atom. The number of nitrogens with zero attached hydrogens (tertiary/aromatic N) is 1. The summed E-state index contributed by atoms with van der Waals surface area (Å²) < 4.78 is 26.9. The molecule has 2 aromatic carbocycles. The molecule has 0 aromatic heterocycles. The van der Waals surface area contributed by atoms with Crippen molar-refractivity contribution < 1.29 is 55.8 Å². The van der Waals surface area contributed by atoms with Gasteiger partial charge in [0.25, 0.3) is 0 Å². The average Bonchev–Trinajstić information content (AvgIpc) is 3.40. The van der Waals surface area contributed by atoms with Crippen LogP contribution in [0.3, 0.4) is 0 Å². The van der Waals surface area contributed by atoms with Gasteiger partial charge in [-0.1, -0.05) is 45.9 Å². The van der Waals surface area contributed by atoms with E-state index in [2.05, 4.69) is 18.3 Å². The molecule has 0 spiro atoms. The molecule has 0 bridgehead atoms. The SMILES string of the molecule is CC.CC.O=C(O)C(Cc1cc[c-]cc1)NC(=O)C1CCCN1S(=O)(=O)c1ccccc1.[CH2-]C.[Y]. The van der Waals surface area contributed by atoms with Gasteiger partial charge in [0, 0.05) is 39.3 Å². The van der Waals surface area contributed by atoms with Gasteiger partial charge in [0.1, 0.15) is 12.1 Å². The minimum absolute atomic E-state index is 0. The van der Waals surface area contributed by atoms with Gasteiger partial charge in [-0.05, 0) is 31.4 Å². The minimum atomic E-state index is -3.83. The first-order valence-corrected chi connectivity index (χ1v) is 13.1. The molecule has 2 atom stereocenters. The molecule has 1 saturated heterocycles. The molecule has 1 aliphatic heterocycles. The van der Waals surface area contributed by atoms with Crippen LogP contribution >= 0.6 is 0 Å². The first kappa shape index (κ1) is 35.6. The number of sulfonamides is 1. The van der Waals surface area contributed by atoms with Crippen molar-refractivity contribution in [3.63, 3.8) is 0 Å². The number of aliphatic carboxylic acids is 1. The molecule has 2 unspecified atom stereocenters. The maximum absolute atomic E-state index is 12.9. The first-order chi connectivity index (χ1) is 16.4. The fourth-order valence-corrected chi connectivity index (χ4v) is 4.96. The Morgan fingerprint density at radius 3 is 2.14 bits per heavy atom. The Hall–Kier alpha value is -1.61. The Labute approximate surface area is 236 Å². The summed E-state index contributed by atoms with van der Waals surface area (Å²) in [7, 11) is -3.83. The first-order valence-electron chi connectivity index (χ1n) is 11.7. The van der Waals surface area contributed by atoms with Crippen LogP contribution in [0.1, 0.15) is 53.0 Å². The third-order valence-electron chi connectivity index (χ3n) is 4.70. The second kappa shape index (κ2) is 19.6. The second-order valence-corrected chi connectivity index (χ2v) is 8.49. The van der Waals surface area contributed by atoms with E-state index in [0.29, 0.717) is 12.8 Å². The smallest absolute Gasteiger partial charge is 0.326 e. The van der Waals surface area contributed by atoms with E-state index < -0.39 is 34.0 Å². The number of amides is 1. The fraction of sp³-hybridized carbons (Fsp3) is 0.423. The summed E-state index contributed by atoms with van der Waals surface area (Å²) in [5, 5.41) is 12.0. The van der Waals surface area contributed by atoms with Gasteiger partial charge in [0.05, 0.1) is 4.90 Å². The van der Waals surface area contributed by atoms with Gasteiger partial charge in [-0.2, -0.15) is 47.1 Å². The zero-order chi connectivity index (χ0) is 26.1. The predicted octanol–water partition coefficient (Wildman–Crippen LogP) is 4.34. The van der Waals surface area contributed by atoms with Crippen molar-refractivity contribution in [3.8, 4) is 0 Å². The summed E-state index contributed by atoms with van der Waals surface area (Å²) in [6.45, 7) is 13.2. The maximum Gasteiger partial charge on any atom is 0.326 e. The topological polar surface area (TPSA) is 104 Å². The van der Waals surface area contributed by atoms with Crippen molar-refractivity contribution in [1.29, 1.82) is 0 Å². The van der Waals surface area contributed by atoms with Crippen LogP contribution in [0.15, 0.2) is 59.5 Å². The van der Waals surface area contributed by atoms with Gasteiger partial charge >= 0.3 is 5.97 Å². The van der Waals surface area contributed by atoms with Gasteiger partial charge in [-0.25, -0.2) is 13.2 Å². The van der Waals surface area contributed by atoms with Crippen LogP contribution < -0.4 is 5.32 Å². The normalized spacial score (nSPS) is 15.3. The van der Waals surface area contributed by atoms with Crippen LogP contribution in [0.25, 0.3) is 0 Å². The number of rotatable bonds is 7. The number of carbonyl (C=O) groups is 2. The van der Waals surface area contributed by atoms with Gasteiger partial charge in [-0.15, -0.1) is 0 Å².